The van der Waals surface area contributed by atoms with Gasteiger partial charge in [0.2, 0.25) is 0 Å². The van der Waals surface area contributed by atoms with Crippen molar-refractivity contribution in [1.29, 1.82) is 0 Å². The summed E-state index contributed by atoms with van der Waals surface area (Å²) in [5.41, 5.74) is 1.77. The number of nitrogens with one attached hydrogen (secondary N) is 1. The molecule has 3 heteroatoms. The Morgan fingerprint density at radius 3 is 1.96 bits per heavy atom. The molecule has 3 aromatic carbocycles. The summed E-state index contributed by atoms with van der Waals surface area (Å²) >= 11 is 0. The topological polar surface area (TPSA) is 41.5 Å². The molecule has 0 spiro atoms. The van der Waals surface area contributed by atoms with E-state index in [-0.39, 0.29) is 0 Å². The zero-order chi connectivity index (χ0) is 17.5. The second kappa shape index (κ2) is 7.97. The molecule has 2 N–H and O–H groups in total. The Kier molecular flexibility index (Phi) is 5.49. The van der Waals surface area contributed by atoms with Gasteiger partial charge in [0, 0.05) is 13.1 Å². The molecule has 0 saturated carbocycles. The molecule has 3 rings (SSSR count). The average molecular weight is 333 g/mol. The number of aliphatic hydroxyl groups is 1. The first-order valence-corrected chi connectivity index (χ1v) is 8.39. The molecule has 128 valence electrons. The first-order chi connectivity index (χ1) is 12.2. The Labute approximate surface area is 148 Å². The van der Waals surface area contributed by atoms with E-state index in [1.165, 1.54) is 5.56 Å². The van der Waals surface area contributed by atoms with Crippen LogP contribution in [0.15, 0.2) is 84.9 Å². The van der Waals surface area contributed by atoms with Crippen molar-refractivity contribution in [2.45, 2.75) is 12.1 Å². The minimum absolute atomic E-state index is 0.415. The first-order valence-electron chi connectivity index (χ1n) is 8.39. The summed E-state index contributed by atoms with van der Waals surface area (Å²) in [5, 5.41) is 14.9. The van der Waals surface area contributed by atoms with Gasteiger partial charge in [0.1, 0.15) is 11.4 Å². The van der Waals surface area contributed by atoms with Gasteiger partial charge in [-0.05, 0) is 28.8 Å². The molecule has 0 radical (unpaired) electrons. The van der Waals surface area contributed by atoms with Gasteiger partial charge >= 0.3 is 0 Å². The van der Waals surface area contributed by atoms with Crippen molar-refractivity contribution < 1.29 is 9.84 Å². The van der Waals surface area contributed by atoms with E-state index in [9.17, 15) is 5.11 Å². The van der Waals surface area contributed by atoms with Crippen LogP contribution in [0.5, 0.6) is 5.75 Å². The third-order valence-corrected chi connectivity index (χ3v) is 4.37. The van der Waals surface area contributed by atoms with Crippen molar-refractivity contribution in [2.75, 3.05) is 13.7 Å². The van der Waals surface area contributed by atoms with E-state index in [0.717, 1.165) is 16.9 Å². The van der Waals surface area contributed by atoms with Crippen molar-refractivity contribution in [3.63, 3.8) is 0 Å². The van der Waals surface area contributed by atoms with E-state index in [0.29, 0.717) is 13.1 Å². The van der Waals surface area contributed by atoms with Crippen LogP contribution in [0.2, 0.25) is 0 Å². The summed E-state index contributed by atoms with van der Waals surface area (Å²) in [6.07, 6.45) is 0. The van der Waals surface area contributed by atoms with Crippen LogP contribution >= 0.6 is 0 Å². The van der Waals surface area contributed by atoms with Crippen molar-refractivity contribution in [3.8, 4) is 5.75 Å². The summed E-state index contributed by atoms with van der Waals surface area (Å²) in [6.45, 7) is 1.12. The fourth-order valence-corrected chi connectivity index (χ4v) is 2.94. The monoisotopic (exact) mass is 333 g/mol. The lowest BCUT2D eigenvalue weighted by Crippen LogP contribution is -2.39. The second-order valence-electron chi connectivity index (χ2n) is 6.04. The van der Waals surface area contributed by atoms with Crippen molar-refractivity contribution >= 4 is 0 Å². The highest BCUT2D eigenvalue weighted by molar-refractivity contribution is 5.39. The van der Waals surface area contributed by atoms with Gasteiger partial charge in [-0.2, -0.15) is 0 Å². The third kappa shape index (κ3) is 4.08. The normalized spacial score (nSPS) is 13.2. The number of hydrogen-bond acceptors (Lipinski definition) is 3. The van der Waals surface area contributed by atoms with Crippen LogP contribution in [0.1, 0.15) is 16.7 Å². The van der Waals surface area contributed by atoms with Gasteiger partial charge in [0.25, 0.3) is 0 Å². The predicted molar refractivity (Wildman–Crippen MR) is 101 cm³/mol. The van der Waals surface area contributed by atoms with Crippen LogP contribution in [0, 0.1) is 0 Å². The van der Waals surface area contributed by atoms with Crippen LogP contribution < -0.4 is 10.1 Å². The number of rotatable bonds is 7. The number of benzene rings is 3. The lowest BCUT2D eigenvalue weighted by Gasteiger charge is -2.30. The van der Waals surface area contributed by atoms with Crippen molar-refractivity contribution in [3.05, 3.63) is 102 Å². The maximum atomic E-state index is 11.5. The number of hydrogen-bond donors (Lipinski definition) is 2. The molecule has 0 aliphatic heterocycles. The second-order valence-corrected chi connectivity index (χ2v) is 6.04. The summed E-state index contributed by atoms with van der Waals surface area (Å²) in [6, 6.07) is 27.5. The minimum Gasteiger partial charge on any atom is -0.497 e. The lowest BCUT2D eigenvalue weighted by molar-refractivity contribution is 0.0796. The van der Waals surface area contributed by atoms with E-state index < -0.39 is 5.60 Å². The maximum absolute atomic E-state index is 11.5. The van der Waals surface area contributed by atoms with Gasteiger partial charge in [-0.1, -0.05) is 72.8 Å². The van der Waals surface area contributed by atoms with E-state index in [2.05, 4.69) is 17.4 Å². The van der Waals surface area contributed by atoms with E-state index in [1.54, 1.807) is 7.11 Å². The smallest absolute Gasteiger partial charge is 0.127 e. The van der Waals surface area contributed by atoms with Gasteiger partial charge in [-0.15, -0.1) is 0 Å². The molecule has 0 unspecified atom stereocenters. The molecule has 0 aliphatic rings. The molecular weight excluding hydrogens is 310 g/mol. The molecule has 3 aromatic rings. The zero-order valence-electron chi connectivity index (χ0n) is 14.4. The van der Waals surface area contributed by atoms with Crippen LogP contribution in [-0.2, 0) is 12.1 Å². The largest absolute Gasteiger partial charge is 0.497 e. The quantitative estimate of drug-likeness (QED) is 0.692. The van der Waals surface area contributed by atoms with Crippen LogP contribution in [0.3, 0.4) is 0 Å². The predicted octanol–water partition coefficient (Wildman–Crippen LogP) is 3.72. The number of methoxy groups -OCH3 is 1. The number of ether oxygens (including phenoxy) is 1. The van der Waals surface area contributed by atoms with Gasteiger partial charge < -0.3 is 15.2 Å². The highest BCUT2D eigenvalue weighted by atomic mass is 16.5. The summed E-state index contributed by atoms with van der Waals surface area (Å²) in [5.74, 6) is 0.774. The molecule has 0 saturated heterocycles. The Morgan fingerprint density at radius 2 is 1.36 bits per heavy atom. The molecular formula is C22H23NO2. The zero-order valence-corrected chi connectivity index (χ0v) is 14.4. The standard InChI is InChI=1S/C22H23NO2/c1-25-21-14-12-20(13-15-21)22(24,19-10-6-3-7-11-19)17-23-16-18-8-4-2-5-9-18/h2-15,23-24H,16-17H2,1H3/t22-/m0/s1. The Bertz CT molecular complexity index is 772. The first kappa shape index (κ1) is 17.2. The van der Waals surface area contributed by atoms with Gasteiger partial charge in [0.15, 0.2) is 0 Å². The van der Waals surface area contributed by atoms with E-state index >= 15 is 0 Å². The summed E-state index contributed by atoms with van der Waals surface area (Å²) in [4.78, 5) is 0. The molecule has 0 fully saturated rings. The van der Waals surface area contributed by atoms with Crippen LogP contribution in [-0.4, -0.2) is 18.8 Å². The van der Waals surface area contributed by atoms with Crippen molar-refractivity contribution in [2.24, 2.45) is 0 Å². The highest BCUT2D eigenvalue weighted by Crippen LogP contribution is 2.30. The molecule has 3 nitrogen and oxygen atoms in total. The van der Waals surface area contributed by atoms with E-state index in [1.807, 2.05) is 72.8 Å². The maximum Gasteiger partial charge on any atom is 0.127 e. The lowest BCUT2D eigenvalue weighted by atomic mass is 9.86. The fourth-order valence-electron chi connectivity index (χ4n) is 2.94. The minimum atomic E-state index is -1.11. The molecule has 0 aliphatic carbocycles. The molecule has 0 amide bonds. The average Bonchev–Trinajstić information content (AvgIpc) is 2.69. The van der Waals surface area contributed by atoms with Gasteiger partial charge in [-0.3, -0.25) is 0 Å². The van der Waals surface area contributed by atoms with Gasteiger partial charge in [0.05, 0.1) is 7.11 Å². The molecule has 1 atom stereocenters. The van der Waals surface area contributed by atoms with E-state index in [4.69, 9.17) is 4.74 Å². The summed E-state index contributed by atoms with van der Waals surface area (Å²) < 4.78 is 5.23. The Balaban J connectivity index is 1.83. The Hall–Kier alpha value is -2.62. The van der Waals surface area contributed by atoms with Crippen LogP contribution in [0.4, 0.5) is 0 Å². The highest BCUT2D eigenvalue weighted by Gasteiger charge is 2.31. The fraction of sp³-hybridized carbons (Fsp3) is 0.182. The molecule has 0 aromatic heterocycles. The van der Waals surface area contributed by atoms with Gasteiger partial charge in [-0.25, -0.2) is 0 Å². The van der Waals surface area contributed by atoms with Crippen LogP contribution in [0.25, 0.3) is 0 Å². The molecule has 0 heterocycles. The van der Waals surface area contributed by atoms with Crippen molar-refractivity contribution in [1.82, 2.24) is 5.32 Å². The molecule has 0 bridgehead atoms. The SMILES string of the molecule is COc1ccc([C@](O)(CNCc2ccccc2)c2ccccc2)cc1. The summed E-state index contributed by atoms with van der Waals surface area (Å²) in [7, 11) is 1.64. The Morgan fingerprint density at radius 1 is 0.800 bits per heavy atom. The molecule has 25 heavy (non-hydrogen) atoms. The third-order valence-electron chi connectivity index (χ3n) is 4.37.